The molecule has 0 bridgehead atoms. The normalized spacial score (nSPS) is 12.4. The lowest BCUT2D eigenvalue weighted by molar-refractivity contribution is -0.123. The highest BCUT2D eigenvalue weighted by Crippen LogP contribution is 2.26. The molecule has 0 saturated heterocycles. The van der Waals surface area contributed by atoms with Gasteiger partial charge >= 0.3 is 0 Å². The van der Waals surface area contributed by atoms with Crippen LogP contribution in [0.15, 0.2) is 48.5 Å². The lowest BCUT2D eigenvalue weighted by Crippen LogP contribution is -2.48. The van der Waals surface area contributed by atoms with E-state index in [9.17, 15) is 9.59 Å². The second kappa shape index (κ2) is 9.00. The fourth-order valence-electron chi connectivity index (χ4n) is 2.58. The first-order valence-electron chi connectivity index (χ1n) is 8.52. The second-order valence-electron chi connectivity index (χ2n) is 6.00. The average Bonchev–Trinajstić information content (AvgIpc) is 2.69. The van der Waals surface area contributed by atoms with E-state index in [1.54, 1.807) is 12.1 Å². The summed E-state index contributed by atoms with van der Waals surface area (Å²) < 4.78 is 5.49. The number of aryl methyl sites for hydroxylation is 1. The van der Waals surface area contributed by atoms with Crippen molar-refractivity contribution in [1.29, 1.82) is 0 Å². The summed E-state index contributed by atoms with van der Waals surface area (Å²) in [6.07, 6.45) is 1.11. The van der Waals surface area contributed by atoms with Crippen molar-refractivity contribution >= 4 is 34.8 Å². The Balaban J connectivity index is 1.38. The van der Waals surface area contributed by atoms with E-state index in [0.717, 1.165) is 16.8 Å². The largest absolute Gasteiger partial charge is 0.484 e. The number of benzene rings is 2. The first-order valence-corrected chi connectivity index (χ1v) is 8.93. The fraction of sp³-hybridized carbons (Fsp3) is 0.211. The van der Waals surface area contributed by atoms with Crippen LogP contribution >= 0.6 is 12.2 Å². The molecule has 4 N–H and O–H groups in total. The van der Waals surface area contributed by atoms with E-state index in [-0.39, 0.29) is 18.4 Å². The zero-order chi connectivity index (χ0) is 19.1. The molecule has 0 atom stereocenters. The molecule has 1 aliphatic rings. The zero-order valence-corrected chi connectivity index (χ0v) is 15.4. The number of hydrazine groups is 1. The van der Waals surface area contributed by atoms with E-state index in [1.165, 1.54) is 0 Å². The number of carbonyl (C=O) groups is 2. The Morgan fingerprint density at radius 3 is 2.74 bits per heavy atom. The van der Waals surface area contributed by atoms with Crippen LogP contribution in [-0.2, 0) is 22.6 Å². The number of thiocarbonyl (C=S) groups is 1. The third kappa shape index (κ3) is 5.68. The molecule has 7 nitrogen and oxygen atoms in total. The van der Waals surface area contributed by atoms with Crippen LogP contribution in [0, 0.1) is 0 Å². The molecular weight excluding hydrogens is 364 g/mol. The van der Waals surface area contributed by atoms with E-state index >= 15 is 0 Å². The molecule has 1 aliphatic heterocycles. The number of hydrogen-bond donors (Lipinski definition) is 4. The smallest absolute Gasteiger partial charge is 0.276 e. The number of carbonyl (C=O) groups excluding carboxylic acids is 2. The Morgan fingerprint density at radius 1 is 1.11 bits per heavy atom. The highest BCUT2D eigenvalue weighted by molar-refractivity contribution is 7.80. The van der Waals surface area contributed by atoms with E-state index in [2.05, 4.69) is 21.5 Å². The van der Waals surface area contributed by atoms with Gasteiger partial charge in [-0.15, -0.1) is 0 Å². The third-order valence-corrected chi connectivity index (χ3v) is 4.20. The molecular formula is C19H20N4O3S. The molecule has 0 radical (unpaired) electrons. The topological polar surface area (TPSA) is 91.5 Å². The van der Waals surface area contributed by atoms with Gasteiger partial charge in [0.25, 0.3) is 5.91 Å². The predicted octanol–water partition coefficient (Wildman–Crippen LogP) is 1.65. The van der Waals surface area contributed by atoms with Crippen molar-refractivity contribution in [3.63, 3.8) is 0 Å². The number of anilines is 1. The molecule has 140 valence electrons. The molecule has 1 heterocycles. The fourth-order valence-corrected chi connectivity index (χ4v) is 2.71. The maximum absolute atomic E-state index is 11.9. The molecule has 0 aliphatic carbocycles. The minimum atomic E-state index is -0.357. The van der Waals surface area contributed by atoms with Crippen molar-refractivity contribution in [1.82, 2.24) is 16.2 Å². The van der Waals surface area contributed by atoms with E-state index in [1.807, 2.05) is 36.4 Å². The Labute approximate surface area is 162 Å². The molecule has 0 fully saturated rings. The van der Waals surface area contributed by atoms with Gasteiger partial charge in [0.05, 0.1) is 0 Å². The molecule has 0 saturated carbocycles. The van der Waals surface area contributed by atoms with Crippen LogP contribution in [0.5, 0.6) is 5.75 Å². The minimum absolute atomic E-state index is 0.0125. The van der Waals surface area contributed by atoms with Crippen molar-refractivity contribution in [2.75, 3.05) is 11.9 Å². The van der Waals surface area contributed by atoms with Gasteiger partial charge in [0.1, 0.15) is 5.75 Å². The summed E-state index contributed by atoms with van der Waals surface area (Å²) in [5.74, 6) is 0.230. The Morgan fingerprint density at radius 2 is 1.93 bits per heavy atom. The average molecular weight is 384 g/mol. The third-order valence-electron chi connectivity index (χ3n) is 3.95. The summed E-state index contributed by atoms with van der Waals surface area (Å²) in [5.41, 5.74) is 7.99. The van der Waals surface area contributed by atoms with E-state index in [0.29, 0.717) is 30.2 Å². The van der Waals surface area contributed by atoms with Gasteiger partial charge in [-0.1, -0.05) is 30.3 Å². The number of rotatable bonds is 5. The molecule has 0 aromatic heterocycles. The maximum atomic E-state index is 11.9. The maximum Gasteiger partial charge on any atom is 0.276 e. The van der Waals surface area contributed by atoms with Crippen LogP contribution in [0.2, 0.25) is 0 Å². The van der Waals surface area contributed by atoms with Gasteiger partial charge in [-0.25, -0.2) is 0 Å². The van der Waals surface area contributed by atoms with Crippen LogP contribution < -0.4 is 26.2 Å². The summed E-state index contributed by atoms with van der Waals surface area (Å²) >= 11 is 5.11. The first kappa shape index (κ1) is 18.7. The van der Waals surface area contributed by atoms with Gasteiger partial charge in [0.15, 0.2) is 11.7 Å². The number of fused-ring (bicyclic) bond motifs is 1. The van der Waals surface area contributed by atoms with Crippen molar-refractivity contribution in [3.8, 4) is 5.75 Å². The standard InChI is InChI=1S/C19H20N4O3S/c24-17-9-6-14-10-15(7-8-16(14)21-17)26-12-18(25)22-23-19(27)20-11-13-4-2-1-3-5-13/h1-5,7-8,10H,6,9,11-12H2,(H,21,24)(H,22,25)(H2,20,23,27). The van der Waals surface area contributed by atoms with Gasteiger partial charge < -0.3 is 15.4 Å². The van der Waals surface area contributed by atoms with Crippen LogP contribution in [0.4, 0.5) is 5.69 Å². The summed E-state index contributed by atoms with van der Waals surface area (Å²) in [7, 11) is 0. The number of hydrogen-bond acceptors (Lipinski definition) is 4. The minimum Gasteiger partial charge on any atom is -0.484 e. The summed E-state index contributed by atoms with van der Waals surface area (Å²) in [4.78, 5) is 23.2. The lowest BCUT2D eigenvalue weighted by Gasteiger charge is -2.17. The Hall–Kier alpha value is -3.13. The Kier molecular flexibility index (Phi) is 6.22. The van der Waals surface area contributed by atoms with Gasteiger partial charge in [-0.3, -0.25) is 20.4 Å². The molecule has 0 spiro atoms. The molecule has 2 amide bonds. The predicted molar refractivity (Wildman–Crippen MR) is 106 cm³/mol. The van der Waals surface area contributed by atoms with Gasteiger partial charge in [0.2, 0.25) is 5.91 Å². The Bertz CT molecular complexity index is 842. The molecule has 8 heteroatoms. The zero-order valence-electron chi connectivity index (χ0n) is 14.6. The SMILES string of the molecule is O=C(COc1ccc2c(c1)CCC(=O)N2)NNC(=S)NCc1ccccc1. The van der Waals surface area contributed by atoms with Gasteiger partial charge in [0, 0.05) is 18.7 Å². The molecule has 3 rings (SSSR count). The summed E-state index contributed by atoms with van der Waals surface area (Å²) in [6, 6.07) is 15.1. The number of amides is 2. The summed E-state index contributed by atoms with van der Waals surface area (Å²) in [6.45, 7) is 0.407. The summed E-state index contributed by atoms with van der Waals surface area (Å²) in [5, 5.41) is 6.12. The molecule has 2 aromatic carbocycles. The van der Waals surface area contributed by atoms with Gasteiger partial charge in [-0.05, 0) is 48.0 Å². The van der Waals surface area contributed by atoms with Crippen molar-refractivity contribution in [2.24, 2.45) is 0 Å². The van der Waals surface area contributed by atoms with Crippen molar-refractivity contribution in [2.45, 2.75) is 19.4 Å². The quantitative estimate of drug-likeness (QED) is 0.463. The van der Waals surface area contributed by atoms with Crippen LogP contribution in [0.25, 0.3) is 0 Å². The van der Waals surface area contributed by atoms with Crippen LogP contribution in [0.1, 0.15) is 17.5 Å². The lowest BCUT2D eigenvalue weighted by atomic mass is 10.0. The highest BCUT2D eigenvalue weighted by Gasteiger charge is 2.15. The van der Waals surface area contributed by atoms with Crippen LogP contribution in [-0.4, -0.2) is 23.5 Å². The monoisotopic (exact) mass is 384 g/mol. The molecule has 2 aromatic rings. The second-order valence-corrected chi connectivity index (χ2v) is 6.41. The first-order chi connectivity index (χ1) is 13.1. The van der Waals surface area contributed by atoms with Crippen molar-refractivity contribution < 1.29 is 14.3 Å². The molecule has 0 unspecified atom stereocenters. The highest BCUT2D eigenvalue weighted by atomic mass is 32.1. The number of nitrogens with one attached hydrogen (secondary N) is 4. The van der Waals surface area contributed by atoms with E-state index in [4.69, 9.17) is 17.0 Å². The number of ether oxygens (including phenoxy) is 1. The van der Waals surface area contributed by atoms with Crippen LogP contribution in [0.3, 0.4) is 0 Å². The van der Waals surface area contributed by atoms with Gasteiger partial charge in [-0.2, -0.15) is 0 Å². The van der Waals surface area contributed by atoms with Crippen molar-refractivity contribution in [3.05, 3.63) is 59.7 Å². The van der Waals surface area contributed by atoms with E-state index < -0.39 is 0 Å². The molecule has 27 heavy (non-hydrogen) atoms.